The highest BCUT2D eigenvalue weighted by atomic mass is 32.2. The van der Waals surface area contributed by atoms with Gasteiger partial charge in [-0.15, -0.1) is 0 Å². The molecule has 1 aliphatic carbocycles. The Morgan fingerprint density at radius 2 is 1.95 bits per heavy atom. The van der Waals surface area contributed by atoms with Crippen LogP contribution in [0.15, 0.2) is 41.4 Å². The van der Waals surface area contributed by atoms with E-state index in [4.69, 9.17) is 0 Å². The maximum atomic E-state index is 12.6. The second-order valence-electron chi connectivity index (χ2n) is 5.24. The van der Waals surface area contributed by atoms with Crippen molar-refractivity contribution in [2.24, 2.45) is 0 Å². The molecule has 0 bridgehead atoms. The molecule has 21 heavy (non-hydrogen) atoms. The zero-order valence-corrected chi connectivity index (χ0v) is 12.5. The molecule has 0 aliphatic heterocycles. The van der Waals surface area contributed by atoms with Crippen molar-refractivity contribution < 1.29 is 4.21 Å². The molecule has 1 aromatic heterocycles. The van der Waals surface area contributed by atoms with Gasteiger partial charge in [0.25, 0.3) is 0 Å². The van der Waals surface area contributed by atoms with Gasteiger partial charge in [-0.2, -0.15) is 5.26 Å². The van der Waals surface area contributed by atoms with E-state index in [2.05, 4.69) is 11.1 Å². The first kappa shape index (κ1) is 14.0. The summed E-state index contributed by atoms with van der Waals surface area (Å²) < 4.78 is 12.6. The van der Waals surface area contributed by atoms with Crippen molar-refractivity contribution >= 4 is 10.8 Å². The van der Waals surface area contributed by atoms with Crippen molar-refractivity contribution in [1.82, 2.24) is 4.98 Å². The van der Waals surface area contributed by atoms with Crippen molar-refractivity contribution in [1.29, 1.82) is 5.26 Å². The van der Waals surface area contributed by atoms with Crippen LogP contribution in [0.1, 0.15) is 35.2 Å². The lowest BCUT2D eigenvalue weighted by molar-refractivity contribution is 0.652. The zero-order chi connectivity index (χ0) is 14.7. The molecule has 1 aromatic carbocycles. The van der Waals surface area contributed by atoms with Crippen molar-refractivity contribution in [3.05, 3.63) is 58.8 Å². The number of pyridine rings is 1. The van der Waals surface area contributed by atoms with E-state index in [1.807, 2.05) is 36.4 Å². The van der Waals surface area contributed by atoms with Crippen molar-refractivity contribution in [3.63, 3.8) is 0 Å². The fourth-order valence-corrected chi connectivity index (χ4v) is 3.86. The summed E-state index contributed by atoms with van der Waals surface area (Å²) in [4.78, 5) is 4.56. The maximum absolute atomic E-state index is 12.6. The lowest BCUT2D eigenvalue weighted by Gasteiger charge is -2.16. The summed E-state index contributed by atoms with van der Waals surface area (Å²) in [6.45, 7) is 0. The first-order valence-electron chi connectivity index (χ1n) is 7.13. The van der Waals surface area contributed by atoms with E-state index < -0.39 is 10.8 Å². The summed E-state index contributed by atoms with van der Waals surface area (Å²) in [5.74, 6) is 0.404. The Morgan fingerprint density at radius 3 is 2.71 bits per heavy atom. The van der Waals surface area contributed by atoms with Crippen LogP contribution in [0.3, 0.4) is 0 Å². The van der Waals surface area contributed by atoms with E-state index in [0.717, 1.165) is 42.5 Å². The van der Waals surface area contributed by atoms with Gasteiger partial charge in [-0.25, -0.2) is 4.98 Å². The lowest BCUT2D eigenvalue weighted by Crippen LogP contribution is -2.11. The number of aromatic nitrogens is 1. The quantitative estimate of drug-likeness (QED) is 0.874. The van der Waals surface area contributed by atoms with Gasteiger partial charge >= 0.3 is 0 Å². The maximum Gasteiger partial charge on any atom is 0.145 e. The molecule has 0 saturated heterocycles. The van der Waals surface area contributed by atoms with E-state index in [-0.39, 0.29) is 0 Å². The van der Waals surface area contributed by atoms with Crippen LogP contribution in [0.5, 0.6) is 0 Å². The highest BCUT2D eigenvalue weighted by Crippen LogP contribution is 2.24. The summed E-state index contributed by atoms with van der Waals surface area (Å²) in [5, 5.41) is 9.76. The lowest BCUT2D eigenvalue weighted by atomic mass is 9.95. The summed E-state index contributed by atoms with van der Waals surface area (Å²) in [6.07, 6.45) is 4.17. The van der Waals surface area contributed by atoms with Gasteiger partial charge in [0.2, 0.25) is 0 Å². The number of nitrogens with zero attached hydrogens (tertiary/aromatic N) is 2. The number of nitriles is 1. The van der Waals surface area contributed by atoms with Crippen LogP contribution in [-0.2, 0) is 29.4 Å². The molecule has 0 spiro atoms. The molecule has 0 saturated carbocycles. The van der Waals surface area contributed by atoms with E-state index in [1.165, 1.54) is 0 Å². The predicted molar refractivity (Wildman–Crippen MR) is 82.1 cm³/mol. The Bertz CT molecular complexity index is 720. The Kier molecular flexibility index (Phi) is 4.12. The van der Waals surface area contributed by atoms with Gasteiger partial charge in [-0.1, -0.05) is 30.3 Å². The van der Waals surface area contributed by atoms with Gasteiger partial charge in [-0.3, -0.25) is 4.21 Å². The Hall–Kier alpha value is -1.99. The second-order valence-corrected chi connectivity index (χ2v) is 6.61. The highest BCUT2D eigenvalue weighted by molar-refractivity contribution is 7.84. The molecule has 1 aliphatic rings. The Balaban J connectivity index is 1.94. The zero-order valence-electron chi connectivity index (χ0n) is 11.7. The van der Waals surface area contributed by atoms with E-state index in [0.29, 0.717) is 16.3 Å². The number of hydrogen-bond acceptors (Lipinski definition) is 3. The van der Waals surface area contributed by atoms with Gasteiger partial charge in [0.05, 0.1) is 22.1 Å². The predicted octanol–water partition coefficient (Wildman–Crippen LogP) is 3.14. The van der Waals surface area contributed by atoms with Crippen molar-refractivity contribution in [2.75, 3.05) is 0 Å². The molecule has 2 aromatic rings. The number of benzene rings is 1. The third kappa shape index (κ3) is 3.03. The molecule has 1 heterocycles. The third-order valence-corrected chi connectivity index (χ3v) is 5.08. The summed E-state index contributed by atoms with van der Waals surface area (Å²) in [7, 11) is -1.28. The van der Waals surface area contributed by atoms with Crippen LogP contribution < -0.4 is 0 Å². The van der Waals surface area contributed by atoms with Crippen LogP contribution in [0, 0.1) is 11.3 Å². The van der Waals surface area contributed by atoms with Crippen LogP contribution in [0.25, 0.3) is 0 Å². The fraction of sp³-hybridized carbons (Fsp3) is 0.294. The molecule has 1 atom stereocenters. The minimum atomic E-state index is -1.28. The first-order valence-corrected chi connectivity index (χ1v) is 8.45. The molecule has 4 heteroatoms. The number of hydrogen-bond donors (Lipinski definition) is 0. The molecule has 1 unspecified atom stereocenters. The Labute approximate surface area is 127 Å². The SMILES string of the molecule is N#Cc1cc2c(nc1S(=O)Cc1ccccc1)CCCC2. The topological polar surface area (TPSA) is 53.8 Å². The summed E-state index contributed by atoms with van der Waals surface area (Å²) in [5.41, 5.74) is 3.64. The highest BCUT2D eigenvalue weighted by Gasteiger charge is 2.18. The standard InChI is InChI=1S/C17H16N2OS/c18-11-15-10-14-8-4-5-9-16(14)19-17(15)21(20)12-13-6-2-1-3-7-13/h1-3,6-7,10H,4-5,8-9,12H2. The molecule has 3 rings (SSSR count). The van der Waals surface area contributed by atoms with Crippen LogP contribution in [-0.4, -0.2) is 9.19 Å². The van der Waals surface area contributed by atoms with Crippen LogP contribution >= 0.6 is 0 Å². The van der Waals surface area contributed by atoms with Gasteiger partial charge in [0.15, 0.2) is 0 Å². The molecule has 0 fully saturated rings. The molecule has 3 nitrogen and oxygen atoms in total. The minimum Gasteiger partial charge on any atom is -0.252 e. The van der Waals surface area contributed by atoms with Gasteiger partial charge in [-0.05, 0) is 42.9 Å². The summed E-state index contributed by atoms with van der Waals surface area (Å²) in [6, 6.07) is 13.7. The second kappa shape index (κ2) is 6.19. The van der Waals surface area contributed by atoms with E-state index in [1.54, 1.807) is 0 Å². The Morgan fingerprint density at radius 1 is 1.19 bits per heavy atom. The molecular formula is C17H16N2OS. The van der Waals surface area contributed by atoms with Gasteiger partial charge in [0, 0.05) is 5.69 Å². The smallest absolute Gasteiger partial charge is 0.145 e. The molecule has 0 radical (unpaired) electrons. The third-order valence-electron chi connectivity index (χ3n) is 3.74. The minimum absolute atomic E-state index is 0.404. The molecule has 0 amide bonds. The first-order chi connectivity index (χ1) is 10.3. The number of rotatable bonds is 3. The normalized spacial score (nSPS) is 15.0. The number of aryl methyl sites for hydroxylation is 2. The largest absolute Gasteiger partial charge is 0.252 e. The summed E-state index contributed by atoms with van der Waals surface area (Å²) >= 11 is 0. The monoisotopic (exact) mass is 296 g/mol. The van der Waals surface area contributed by atoms with Crippen molar-refractivity contribution in [2.45, 2.75) is 36.5 Å². The van der Waals surface area contributed by atoms with Crippen LogP contribution in [0.4, 0.5) is 0 Å². The number of fused-ring (bicyclic) bond motifs is 1. The average molecular weight is 296 g/mol. The molecule has 106 valence electrons. The fourth-order valence-electron chi connectivity index (χ4n) is 2.66. The molecular weight excluding hydrogens is 280 g/mol. The van der Waals surface area contributed by atoms with E-state index in [9.17, 15) is 9.47 Å². The van der Waals surface area contributed by atoms with Crippen molar-refractivity contribution in [3.8, 4) is 6.07 Å². The van der Waals surface area contributed by atoms with Crippen LogP contribution in [0.2, 0.25) is 0 Å². The van der Waals surface area contributed by atoms with Gasteiger partial charge in [0.1, 0.15) is 11.1 Å². The van der Waals surface area contributed by atoms with E-state index >= 15 is 0 Å². The molecule has 0 N–H and O–H groups in total. The van der Waals surface area contributed by atoms with Gasteiger partial charge < -0.3 is 0 Å². The average Bonchev–Trinajstić information content (AvgIpc) is 2.54.